The Morgan fingerprint density at radius 1 is 0.966 bits per heavy atom. The van der Waals surface area contributed by atoms with E-state index >= 15 is 0 Å². The van der Waals surface area contributed by atoms with Gasteiger partial charge in [-0.25, -0.2) is 0 Å². The number of benzene rings is 2. The third-order valence-electron chi connectivity index (χ3n) is 4.29. The highest BCUT2D eigenvalue weighted by atomic mass is 32.1. The average molecular weight is 407 g/mol. The molecule has 0 saturated heterocycles. The van der Waals surface area contributed by atoms with Crippen molar-refractivity contribution < 1.29 is 14.4 Å². The maximum atomic E-state index is 12.6. The lowest BCUT2D eigenvalue weighted by molar-refractivity contribution is -0.127. The van der Waals surface area contributed by atoms with E-state index in [9.17, 15) is 14.4 Å². The Kier molecular flexibility index (Phi) is 6.41. The van der Waals surface area contributed by atoms with Crippen LogP contribution in [0.2, 0.25) is 0 Å². The zero-order chi connectivity index (χ0) is 20.8. The second-order valence-electron chi connectivity index (χ2n) is 6.38. The van der Waals surface area contributed by atoms with Crippen molar-refractivity contribution in [3.63, 3.8) is 0 Å². The smallest absolute Gasteiger partial charge is 0.255 e. The van der Waals surface area contributed by atoms with Crippen LogP contribution < -0.4 is 16.0 Å². The minimum absolute atomic E-state index is 0.254. The average Bonchev–Trinajstić information content (AvgIpc) is 3.26. The summed E-state index contributed by atoms with van der Waals surface area (Å²) in [6, 6.07) is 17.4. The minimum Gasteiger partial charge on any atom is -0.357 e. The predicted molar refractivity (Wildman–Crippen MR) is 115 cm³/mol. The molecule has 2 aromatic carbocycles. The topological polar surface area (TPSA) is 87.3 Å². The summed E-state index contributed by atoms with van der Waals surface area (Å²) in [7, 11) is 1.50. The van der Waals surface area contributed by atoms with Crippen molar-refractivity contribution >= 4 is 34.7 Å². The van der Waals surface area contributed by atoms with E-state index in [1.54, 1.807) is 35.6 Å². The maximum absolute atomic E-state index is 12.6. The van der Waals surface area contributed by atoms with Gasteiger partial charge in [-0.1, -0.05) is 30.3 Å². The minimum atomic E-state index is -0.808. The van der Waals surface area contributed by atoms with Gasteiger partial charge in [-0.3, -0.25) is 14.4 Å². The van der Waals surface area contributed by atoms with Gasteiger partial charge in [0.25, 0.3) is 5.91 Å². The molecule has 3 N–H and O–H groups in total. The van der Waals surface area contributed by atoms with Gasteiger partial charge in [0.1, 0.15) is 6.04 Å². The molecular formula is C22H21N3O3S. The first-order valence-electron chi connectivity index (χ1n) is 9.02. The molecule has 29 heavy (non-hydrogen) atoms. The van der Waals surface area contributed by atoms with E-state index in [0.29, 0.717) is 16.8 Å². The fourth-order valence-electron chi connectivity index (χ4n) is 2.87. The van der Waals surface area contributed by atoms with Gasteiger partial charge in [-0.05, 0) is 46.8 Å². The van der Waals surface area contributed by atoms with Crippen molar-refractivity contribution in [3.05, 3.63) is 77.2 Å². The number of anilines is 1. The fraction of sp³-hybridized carbons (Fsp3) is 0.136. The molecule has 0 saturated carbocycles. The number of likely N-dealkylation sites (N-methyl/N-ethyl adjacent to an activating group) is 1. The van der Waals surface area contributed by atoms with Crippen molar-refractivity contribution in [3.8, 4) is 10.4 Å². The number of nitrogens with one attached hydrogen (secondary N) is 3. The normalized spacial score (nSPS) is 11.4. The van der Waals surface area contributed by atoms with Crippen LogP contribution in [-0.2, 0) is 9.59 Å². The monoisotopic (exact) mass is 407 g/mol. The van der Waals surface area contributed by atoms with Crippen LogP contribution in [0, 0.1) is 0 Å². The molecule has 0 aliphatic rings. The number of hydrogen-bond acceptors (Lipinski definition) is 4. The zero-order valence-corrected chi connectivity index (χ0v) is 16.9. The molecule has 7 heteroatoms. The standard InChI is InChI=1S/C22H21N3O3S/c1-14(26)24-20(22(28)23-2)15-8-10-16(11-9-15)21(27)25-18-6-3-5-17(13-18)19-7-4-12-29-19/h3-13,20H,1-2H3,(H,23,28)(H,24,26)(H,25,27). The number of rotatable bonds is 6. The quantitative estimate of drug-likeness (QED) is 0.584. The number of carbonyl (C=O) groups is 3. The molecule has 1 unspecified atom stereocenters. The third-order valence-corrected chi connectivity index (χ3v) is 5.21. The Hall–Kier alpha value is -3.45. The molecule has 3 aromatic rings. The Balaban J connectivity index is 1.74. The fourth-order valence-corrected chi connectivity index (χ4v) is 3.60. The van der Waals surface area contributed by atoms with Crippen molar-refractivity contribution in [2.45, 2.75) is 13.0 Å². The van der Waals surface area contributed by atoms with E-state index in [2.05, 4.69) is 16.0 Å². The Morgan fingerprint density at radius 3 is 2.34 bits per heavy atom. The van der Waals surface area contributed by atoms with E-state index in [-0.39, 0.29) is 17.7 Å². The lowest BCUT2D eigenvalue weighted by Gasteiger charge is -2.17. The molecule has 0 aliphatic heterocycles. The van der Waals surface area contributed by atoms with E-state index < -0.39 is 6.04 Å². The molecule has 0 fully saturated rings. The molecule has 3 amide bonds. The summed E-state index contributed by atoms with van der Waals surface area (Å²) in [6.07, 6.45) is 0. The maximum Gasteiger partial charge on any atom is 0.255 e. The van der Waals surface area contributed by atoms with Crippen LogP contribution in [0.15, 0.2) is 66.0 Å². The van der Waals surface area contributed by atoms with Crippen LogP contribution in [0.4, 0.5) is 5.69 Å². The lowest BCUT2D eigenvalue weighted by atomic mass is 10.0. The van der Waals surface area contributed by atoms with Gasteiger partial charge in [0.15, 0.2) is 0 Å². The van der Waals surface area contributed by atoms with Crippen LogP contribution in [0.5, 0.6) is 0 Å². The summed E-state index contributed by atoms with van der Waals surface area (Å²) in [4.78, 5) is 37.1. The molecule has 1 atom stereocenters. The van der Waals surface area contributed by atoms with Gasteiger partial charge in [0, 0.05) is 30.1 Å². The third kappa shape index (κ3) is 5.08. The molecule has 148 valence electrons. The molecule has 0 bridgehead atoms. The van der Waals surface area contributed by atoms with Gasteiger partial charge >= 0.3 is 0 Å². The highest BCUT2D eigenvalue weighted by Gasteiger charge is 2.20. The molecule has 0 aliphatic carbocycles. The summed E-state index contributed by atoms with van der Waals surface area (Å²) < 4.78 is 0. The molecule has 0 spiro atoms. The first-order chi connectivity index (χ1) is 14.0. The number of amides is 3. The molecule has 6 nitrogen and oxygen atoms in total. The first-order valence-corrected chi connectivity index (χ1v) is 9.90. The van der Waals surface area contributed by atoms with E-state index in [4.69, 9.17) is 0 Å². The predicted octanol–water partition coefficient (Wildman–Crippen LogP) is 3.59. The summed E-state index contributed by atoms with van der Waals surface area (Å²) in [5.41, 5.74) is 2.79. The first kappa shape index (κ1) is 20.3. The van der Waals surface area contributed by atoms with Crippen LogP contribution in [0.3, 0.4) is 0 Å². The van der Waals surface area contributed by atoms with Crippen molar-refractivity contribution in [2.24, 2.45) is 0 Å². The second kappa shape index (κ2) is 9.16. The van der Waals surface area contributed by atoms with Crippen LogP contribution in [0.25, 0.3) is 10.4 Å². The molecule has 0 radical (unpaired) electrons. The Labute approximate surface area is 173 Å². The van der Waals surface area contributed by atoms with Gasteiger partial charge < -0.3 is 16.0 Å². The molecule has 1 aromatic heterocycles. The van der Waals surface area contributed by atoms with Gasteiger partial charge in [0.2, 0.25) is 11.8 Å². The van der Waals surface area contributed by atoms with Crippen LogP contribution in [0.1, 0.15) is 28.9 Å². The van der Waals surface area contributed by atoms with Gasteiger partial charge in [-0.2, -0.15) is 0 Å². The van der Waals surface area contributed by atoms with E-state index in [1.807, 2.05) is 41.8 Å². The Bertz CT molecular complexity index is 1010. The van der Waals surface area contributed by atoms with E-state index in [1.165, 1.54) is 14.0 Å². The summed E-state index contributed by atoms with van der Waals surface area (Å²) in [6.45, 7) is 1.35. The Morgan fingerprint density at radius 2 is 1.72 bits per heavy atom. The second-order valence-corrected chi connectivity index (χ2v) is 7.33. The van der Waals surface area contributed by atoms with E-state index in [0.717, 1.165) is 10.4 Å². The van der Waals surface area contributed by atoms with Crippen LogP contribution in [-0.4, -0.2) is 24.8 Å². The number of hydrogen-bond donors (Lipinski definition) is 3. The number of thiophene rings is 1. The summed E-state index contributed by atoms with van der Waals surface area (Å²) in [5, 5.41) is 10.0. The zero-order valence-electron chi connectivity index (χ0n) is 16.1. The molecule has 3 rings (SSSR count). The van der Waals surface area contributed by atoms with Crippen LogP contribution >= 0.6 is 11.3 Å². The molecule has 1 heterocycles. The molecular weight excluding hydrogens is 386 g/mol. The lowest BCUT2D eigenvalue weighted by Crippen LogP contribution is -2.38. The number of carbonyl (C=O) groups excluding carboxylic acids is 3. The van der Waals surface area contributed by atoms with Gasteiger partial charge in [0.05, 0.1) is 0 Å². The SMILES string of the molecule is CNC(=O)C(NC(C)=O)c1ccc(C(=O)Nc2cccc(-c3cccs3)c2)cc1. The highest BCUT2D eigenvalue weighted by Crippen LogP contribution is 2.27. The largest absolute Gasteiger partial charge is 0.357 e. The van der Waals surface area contributed by atoms with Crippen molar-refractivity contribution in [1.29, 1.82) is 0 Å². The summed E-state index contributed by atoms with van der Waals surface area (Å²) in [5.74, 6) is -0.898. The highest BCUT2D eigenvalue weighted by molar-refractivity contribution is 7.13. The summed E-state index contributed by atoms with van der Waals surface area (Å²) >= 11 is 1.64. The van der Waals surface area contributed by atoms with Gasteiger partial charge in [-0.15, -0.1) is 11.3 Å². The van der Waals surface area contributed by atoms with Crippen molar-refractivity contribution in [1.82, 2.24) is 10.6 Å². The van der Waals surface area contributed by atoms with Crippen molar-refractivity contribution in [2.75, 3.05) is 12.4 Å².